The summed E-state index contributed by atoms with van der Waals surface area (Å²) in [6.07, 6.45) is 8.79. The van der Waals surface area contributed by atoms with E-state index in [-0.39, 0.29) is 23.6 Å². The van der Waals surface area contributed by atoms with Crippen molar-refractivity contribution in [1.29, 1.82) is 0 Å². The molecule has 1 unspecified atom stereocenters. The molecule has 5 heteroatoms. The van der Waals surface area contributed by atoms with Crippen LogP contribution < -0.4 is 0 Å². The first-order valence-electron chi connectivity index (χ1n) is 10.6. The maximum atomic E-state index is 12.9. The number of esters is 1. The highest BCUT2D eigenvalue weighted by atomic mass is 16.5. The smallest absolute Gasteiger partial charge is 0.305 e. The molecule has 164 valence electrons. The molecule has 4 atom stereocenters. The normalized spacial score (nSPS) is 24.6. The van der Waals surface area contributed by atoms with Crippen molar-refractivity contribution in [1.82, 2.24) is 0 Å². The maximum Gasteiger partial charge on any atom is 0.305 e. The molecule has 1 saturated carbocycles. The van der Waals surface area contributed by atoms with Gasteiger partial charge in [-0.2, -0.15) is 0 Å². The number of aliphatic hydroxyl groups excluding tert-OH is 2. The van der Waals surface area contributed by atoms with Gasteiger partial charge >= 0.3 is 5.97 Å². The molecule has 1 aliphatic rings. The largest absolute Gasteiger partial charge is 0.469 e. The van der Waals surface area contributed by atoms with Gasteiger partial charge in [0.1, 0.15) is 5.78 Å². The number of rotatable bonds is 10. The van der Waals surface area contributed by atoms with Gasteiger partial charge in [-0.1, -0.05) is 68.5 Å². The molecule has 0 radical (unpaired) electrons. The van der Waals surface area contributed by atoms with Gasteiger partial charge in [-0.05, 0) is 24.8 Å². The maximum absolute atomic E-state index is 12.9. The molecule has 0 bridgehead atoms. The van der Waals surface area contributed by atoms with Gasteiger partial charge in [0.15, 0.2) is 0 Å². The van der Waals surface area contributed by atoms with E-state index >= 15 is 0 Å². The molecular weight excluding hydrogens is 380 g/mol. The Morgan fingerprint density at radius 2 is 1.93 bits per heavy atom. The van der Waals surface area contributed by atoms with Crippen LogP contribution in [0.3, 0.4) is 0 Å². The summed E-state index contributed by atoms with van der Waals surface area (Å²) in [7, 11) is 1.38. The lowest BCUT2D eigenvalue weighted by atomic mass is 9.86. The van der Waals surface area contributed by atoms with Gasteiger partial charge < -0.3 is 14.9 Å². The number of hydrogen-bond donors (Lipinski definition) is 2. The van der Waals surface area contributed by atoms with E-state index in [1.54, 1.807) is 26.0 Å². The molecule has 0 aromatic heterocycles. The number of ketones is 1. The van der Waals surface area contributed by atoms with Gasteiger partial charge in [0.25, 0.3) is 0 Å². The second-order valence-electron chi connectivity index (χ2n) is 8.53. The highest BCUT2D eigenvalue weighted by molar-refractivity contribution is 5.90. The zero-order chi connectivity index (χ0) is 22.1. The number of carbonyl (C=O) groups is 2. The Hall–Kier alpha value is -2.24. The predicted octanol–water partition coefficient (Wildman–Crippen LogP) is 3.64. The van der Waals surface area contributed by atoms with Crippen LogP contribution >= 0.6 is 0 Å². The molecule has 0 saturated heterocycles. The van der Waals surface area contributed by atoms with Gasteiger partial charge in [-0.25, -0.2) is 0 Å². The van der Waals surface area contributed by atoms with Crippen LogP contribution in [0, 0.1) is 17.3 Å². The average Bonchev–Trinajstić information content (AvgIpc) is 2.89. The van der Waals surface area contributed by atoms with Crippen LogP contribution in [0.15, 0.2) is 54.6 Å². The number of benzene rings is 1. The summed E-state index contributed by atoms with van der Waals surface area (Å²) < 4.78 is 4.62. The second-order valence-corrected chi connectivity index (χ2v) is 8.53. The molecular formula is C25H34O5. The summed E-state index contributed by atoms with van der Waals surface area (Å²) in [6, 6.07) is 9.72. The summed E-state index contributed by atoms with van der Waals surface area (Å²) in [6.45, 7) is 3.56. The molecule has 5 nitrogen and oxygen atoms in total. The number of Topliss-reactive ketones (excluding diaryl/α,β-unsaturated/α-hetero) is 1. The fourth-order valence-corrected chi connectivity index (χ4v) is 4.01. The zero-order valence-electron chi connectivity index (χ0n) is 18.2. The first kappa shape index (κ1) is 24.0. The van der Waals surface area contributed by atoms with Crippen LogP contribution in [0.25, 0.3) is 0 Å². The van der Waals surface area contributed by atoms with Crippen molar-refractivity contribution in [3.05, 3.63) is 60.2 Å². The fraction of sp³-hybridized carbons (Fsp3) is 0.520. The molecule has 30 heavy (non-hydrogen) atoms. The van der Waals surface area contributed by atoms with Crippen molar-refractivity contribution in [2.75, 3.05) is 7.11 Å². The van der Waals surface area contributed by atoms with Crippen molar-refractivity contribution in [2.45, 2.75) is 58.2 Å². The standard InChI is InChI=1S/C25H34O5/c1-25(2)23(28)20(13-9-4-5-10-14-22(27)30-3)21(24(25)29)16-15-19(26)17-18-11-7-6-8-12-18/h4,6-9,11-12,15-16,19-21,24,26,29H,5,10,13-14,17H2,1-3H3/t19?,20-,21-,24+/m1/s1. The third-order valence-electron chi connectivity index (χ3n) is 5.92. The first-order chi connectivity index (χ1) is 14.3. The van der Waals surface area contributed by atoms with E-state index in [0.29, 0.717) is 25.7 Å². The van der Waals surface area contributed by atoms with Crippen molar-refractivity contribution in [2.24, 2.45) is 17.3 Å². The van der Waals surface area contributed by atoms with Crippen LogP contribution in [-0.4, -0.2) is 41.3 Å². The summed E-state index contributed by atoms with van der Waals surface area (Å²) in [5.74, 6) is -0.843. The Labute approximate surface area is 179 Å². The van der Waals surface area contributed by atoms with Crippen LogP contribution in [0.2, 0.25) is 0 Å². The highest BCUT2D eigenvalue weighted by Crippen LogP contribution is 2.44. The topological polar surface area (TPSA) is 83.8 Å². The number of hydrogen-bond acceptors (Lipinski definition) is 5. The number of aliphatic hydroxyl groups is 2. The van der Waals surface area contributed by atoms with Crippen molar-refractivity contribution in [3.8, 4) is 0 Å². The van der Waals surface area contributed by atoms with E-state index in [1.807, 2.05) is 42.5 Å². The summed E-state index contributed by atoms with van der Waals surface area (Å²) >= 11 is 0. The second kappa shape index (κ2) is 11.2. The third-order valence-corrected chi connectivity index (χ3v) is 5.92. The summed E-state index contributed by atoms with van der Waals surface area (Å²) in [4.78, 5) is 24.0. The molecule has 0 amide bonds. The van der Waals surface area contributed by atoms with E-state index in [1.165, 1.54) is 7.11 Å². The number of ether oxygens (including phenoxy) is 1. The molecule has 2 N–H and O–H groups in total. The van der Waals surface area contributed by atoms with E-state index in [0.717, 1.165) is 12.0 Å². The Kier molecular flexibility index (Phi) is 9.00. The lowest BCUT2D eigenvalue weighted by molar-refractivity contribution is -0.140. The molecule has 2 rings (SSSR count). The van der Waals surface area contributed by atoms with Gasteiger partial charge in [-0.15, -0.1) is 0 Å². The van der Waals surface area contributed by atoms with Crippen molar-refractivity contribution in [3.63, 3.8) is 0 Å². The summed E-state index contributed by atoms with van der Waals surface area (Å²) in [5, 5.41) is 21.1. The number of allylic oxidation sites excluding steroid dienone is 2. The minimum Gasteiger partial charge on any atom is -0.469 e. The van der Waals surface area contributed by atoms with Gasteiger partial charge in [0.2, 0.25) is 0 Å². The van der Waals surface area contributed by atoms with Crippen LogP contribution in [0.1, 0.15) is 45.1 Å². The Morgan fingerprint density at radius 3 is 2.60 bits per heavy atom. The number of carbonyl (C=O) groups excluding carboxylic acids is 2. The predicted molar refractivity (Wildman–Crippen MR) is 117 cm³/mol. The molecule has 1 aromatic carbocycles. The first-order valence-corrected chi connectivity index (χ1v) is 10.6. The number of methoxy groups -OCH3 is 1. The molecule has 1 aliphatic carbocycles. The molecule has 0 heterocycles. The molecule has 0 aliphatic heterocycles. The molecule has 1 fully saturated rings. The van der Waals surface area contributed by atoms with Gasteiger partial charge in [-0.3, -0.25) is 9.59 Å². The highest BCUT2D eigenvalue weighted by Gasteiger charge is 2.52. The average molecular weight is 415 g/mol. The van der Waals surface area contributed by atoms with E-state index in [4.69, 9.17) is 0 Å². The molecule has 1 aromatic rings. The van der Waals surface area contributed by atoms with Crippen molar-refractivity contribution < 1.29 is 24.5 Å². The third kappa shape index (κ3) is 6.38. The SMILES string of the molecule is COC(=O)CCCC=CC[C@H]1C(=O)C(C)(C)[C@@H](O)[C@@H]1C=CC(O)Cc1ccccc1. The van der Waals surface area contributed by atoms with Crippen LogP contribution in [0.4, 0.5) is 0 Å². The minimum absolute atomic E-state index is 0.0430. The van der Waals surface area contributed by atoms with Crippen molar-refractivity contribution >= 4 is 11.8 Å². The van der Waals surface area contributed by atoms with Gasteiger partial charge in [0, 0.05) is 24.7 Å². The lowest BCUT2D eigenvalue weighted by Gasteiger charge is -2.22. The lowest BCUT2D eigenvalue weighted by Crippen LogP contribution is -2.31. The Morgan fingerprint density at radius 1 is 1.23 bits per heavy atom. The van der Waals surface area contributed by atoms with Crippen LogP contribution in [0.5, 0.6) is 0 Å². The van der Waals surface area contributed by atoms with E-state index in [9.17, 15) is 19.8 Å². The van der Waals surface area contributed by atoms with Gasteiger partial charge in [0.05, 0.1) is 24.7 Å². The Bertz CT molecular complexity index is 750. The quantitative estimate of drug-likeness (QED) is 0.347. The number of unbranched alkanes of at least 4 members (excludes halogenated alkanes) is 1. The monoisotopic (exact) mass is 414 g/mol. The zero-order valence-corrected chi connectivity index (χ0v) is 18.2. The van der Waals surface area contributed by atoms with E-state index < -0.39 is 17.6 Å². The fourth-order valence-electron chi connectivity index (χ4n) is 4.01. The summed E-state index contributed by atoms with van der Waals surface area (Å²) in [5.41, 5.74) is 0.215. The molecule has 0 spiro atoms. The van der Waals surface area contributed by atoms with Crippen LogP contribution in [-0.2, 0) is 20.7 Å². The minimum atomic E-state index is -0.817. The van der Waals surface area contributed by atoms with E-state index in [2.05, 4.69) is 4.74 Å². The Balaban J connectivity index is 1.98.